The van der Waals surface area contributed by atoms with E-state index in [9.17, 15) is 0 Å². The van der Waals surface area contributed by atoms with E-state index >= 15 is 0 Å². The van der Waals surface area contributed by atoms with Crippen LogP contribution in [0.4, 0.5) is 0 Å². The predicted octanol–water partition coefficient (Wildman–Crippen LogP) is 5.59. The molecular formula is C22H18N4OS. The molecule has 0 amide bonds. The van der Waals surface area contributed by atoms with Crippen LogP contribution in [-0.4, -0.2) is 21.1 Å². The number of benzene rings is 3. The van der Waals surface area contributed by atoms with Gasteiger partial charge in [0.15, 0.2) is 5.82 Å². The molecule has 0 aliphatic rings. The molecule has 138 valence electrons. The van der Waals surface area contributed by atoms with E-state index in [4.69, 9.17) is 17.0 Å². The smallest absolute Gasteiger partial charge is 0.216 e. The minimum absolute atomic E-state index is 0.436. The second-order valence-corrected chi connectivity index (χ2v) is 6.60. The first kappa shape index (κ1) is 17.9. The van der Waals surface area contributed by atoms with Gasteiger partial charge in [0, 0.05) is 5.56 Å². The summed E-state index contributed by atoms with van der Waals surface area (Å²) in [4.78, 5) is 0. The number of para-hydroxylation sites is 1. The molecule has 6 heteroatoms. The van der Waals surface area contributed by atoms with Crippen molar-refractivity contribution in [3.05, 3.63) is 94.8 Å². The molecule has 1 heterocycles. The number of nitrogens with zero attached hydrogens (tertiary/aromatic N) is 3. The highest BCUT2D eigenvalue weighted by molar-refractivity contribution is 7.71. The molecule has 0 radical (unpaired) electrons. The van der Waals surface area contributed by atoms with Crippen molar-refractivity contribution >= 4 is 18.4 Å². The molecule has 0 saturated heterocycles. The monoisotopic (exact) mass is 386 g/mol. The molecule has 0 fully saturated rings. The summed E-state index contributed by atoms with van der Waals surface area (Å²) >= 11 is 5.35. The number of H-pyrrole nitrogens is 1. The van der Waals surface area contributed by atoms with E-state index in [-0.39, 0.29) is 0 Å². The summed E-state index contributed by atoms with van der Waals surface area (Å²) in [6.45, 7) is 2.03. The average molecular weight is 386 g/mol. The molecule has 1 aromatic heterocycles. The fraction of sp³-hybridized carbons (Fsp3) is 0.0455. The molecule has 4 rings (SSSR count). The molecule has 0 atom stereocenters. The quantitative estimate of drug-likeness (QED) is 0.359. The summed E-state index contributed by atoms with van der Waals surface area (Å²) in [5.74, 6) is 2.21. The van der Waals surface area contributed by atoms with Crippen molar-refractivity contribution in [1.82, 2.24) is 14.9 Å². The maximum absolute atomic E-state index is 5.88. The standard InChI is InChI=1S/C22H18N4OS/c1-16-8-5-6-13-20(16)21-24-25-22(28)26(21)23-15-17-9-7-12-19(14-17)27-18-10-3-2-4-11-18/h2-15H,1H3,(H,25,28)/b23-15-. The van der Waals surface area contributed by atoms with Crippen LogP contribution in [0.5, 0.6) is 11.5 Å². The number of rotatable bonds is 5. The van der Waals surface area contributed by atoms with Gasteiger partial charge in [-0.15, -0.1) is 0 Å². The minimum atomic E-state index is 0.436. The number of aromatic nitrogens is 3. The van der Waals surface area contributed by atoms with Gasteiger partial charge < -0.3 is 4.74 Å². The van der Waals surface area contributed by atoms with Crippen molar-refractivity contribution < 1.29 is 4.74 Å². The third kappa shape index (κ3) is 3.92. The minimum Gasteiger partial charge on any atom is -0.457 e. The highest BCUT2D eigenvalue weighted by atomic mass is 32.1. The molecule has 0 aliphatic heterocycles. The maximum Gasteiger partial charge on any atom is 0.216 e. The zero-order valence-electron chi connectivity index (χ0n) is 15.2. The normalized spacial score (nSPS) is 11.0. The first-order chi connectivity index (χ1) is 13.7. The van der Waals surface area contributed by atoms with E-state index < -0.39 is 0 Å². The number of ether oxygens (including phenoxy) is 1. The Kier molecular flexibility index (Phi) is 5.12. The van der Waals surface area contributed by atoms with E-state index in [0.29, 0.717) is 10.6 Å². The number of hydrogen-bond acceptors (Lipinski definition) is 4. The molecule has 1 N–H and O–H groups in total. The van der Waals surface area contributed by atoms with E-state index in [0.717, 1.165) is 28.2 Å². The van der Waals surface area contributed by atoms with Crippen LogP contribution in [0.3, 0.4) is 0 Å². The fourth-order valence-electron chi connectivity index (χ4n) is 2.80. The summed E-state index contributed by atoms with van der Waals surface area (Å²) in [5, 5.41) is 11.7. The molecule has 0 spiro atoms. The highest BCUT2D eigenvalue weighted by Crippen LogP contribution is 2.23. The Bertz CT molecular complexity index is 1180. The Morgan fingerprint density at radius 3 is 2.54 bits per heavy atom. The summed E-state index contributed by atoms with van der Waals surface area (Å²) in [6.07, 6.45) is 1.74. The molecule has 3 aromatic carbocycles. The van der Waals surface area contributed by atoms with Gasteiger partial charge in [-0.2, -0.15) is 14.9 Å². The SMILES string of the molecule is Cc1ccccc1-c1n[nH]c(=S)n1/N=C\c1cccc(Oc2ccccc2)c1. The van der Waals surface area contributed by atoms with Crippen molar-refractivity contribution in [2.24, 2.45) is 5.10 Å². The average Bonchev–Trinajstić information content (AvgIpc) is 3.08. The number of nitrogens with one attached hydrogen (secondary N) is 1. The van der Waals surface area contributed by atoms with Crippen LogP contribution in [-0.2, 0) is 0 Å². The molecule has 5 nitrogen and oxygen atoms in total. The van der Waals surface area contributed by atoms with Gasteiger partial charge in [-0.25, -0.2) is 5.10 Å². The van der Waals surface area contributed by atoms with Gasteiger partial charge in [-0.1, -0.05) is 54.6 Å². The maximum atomic E-state index is 5.88. The molecule has 28 heavy (non-hydrogen) atoms. The Hall–Kier alpha value is -3.51. The van der Waals surface area contributed by atoms with Gasteiger partial charge in [-0.05, 0) is 54.5 Å². The van der Waals surface area contributed by atoms with Crippen LogP contribution < -0.4 is 4.74 Å². The Balaban J connectivity index is 1.62. The molecule has 0 saturated carbocycles. The van der Waals surface area contributed by atoms with Crippen molar-refractivity contribution in [1.29, 1.82) is 0 Å². The molecule has 0 bridgehead atoms. The highest BCUT2D eigenvalue weighted by Gasteiger charge is 2.10. The predicted molar refractivity (Wildman–Crippen MR) is 114 cm³/mol. The lowest BCUT2D eigenvalue weighted by Crippen LogP contribution is -1.96. The van der Waals surface area contributed by atoms with E-state index in [2.05, 4.69) is 15.3 Å². The third-order valence-corrected chi connectivity index (χ3v) is 4.46. The van der Waals surface area contributed by atoms with E-state index in [1.807, 2.05) is 85.8 Å². The van der Waals surface area contributed by atoms with Crippen LogP contribution in [0.1, 0.15) is 11.1 Å². The van der Waals surface area contributed by atoms with Crippen molar-refractivity contribution in [3.8, 4) is 22.9 Å². The van der Waals surface area contributed by atoms with Gasteiger partial charge in [0.25, 0.3) is 0 Å². The second kappa shape index (κ2) is 8.02. The molecular weight excluding hydrogens is 368 g/mol. The Morgan fingerprint density at radius 2 is 1.71 bits per heavy atom. The number of aryl methyl sites for hydroxylation is 1. The topological polar surface area (TPSA) is 55.2 Å². The van der Waals surface area contributed by atoms with Gasteiger partial charge in [-0.3, -0.25) is 0 Å². The van der Waals surface area contributed by atoms with Crippen LogP contribution >= 0.6 is 12.2 Å². The van der Waals surface area contributed by atoms with E-state index in [1.165, 1.54) is 0 Å². The first-order valence-electron chi connectivity index (χ1n) is 8.81. The van der Waals surface area contributed by atoms with Crippen molar-refractivity contribution in [2.45, 2.75) is 6.92 Å². The van der Waals surface area contributed by atoms with Crippen LogP contribution in [0, 0.1) is 11.7 Å². The van der Waals surface area contributed by atoms with Gasteiger partial charge in [0.2, 0.25) is 4.77 Å². The van der Waals surface area contributed by atoms with Crippen LogP contribution in [0.15, 0.2) is 84.0 Å². The summed E-state index contributed by atoms with van der Waals surface area (Å²) < 4.78 is 7.94. The van der Waals surface area contributed by atoms with Crippen molar-refractivity contribution in [2.75, 3.05) is 0 Å². The lowest BCUT2D eigenvalue weighted by molar-refractivity contribution is 0.482. The zero-order valence-corrected chi connectivity index (χ0v) is 16.1. The summed E-state index contributed by atoms with van der Waals surface area (Å²) in [6, 6.07) is 25.4. The second-order valence-electron chi connectivity index (χ2n) is 6.21. The number of aromatic amines is 1. The fourth-order valence-corrected chi connectivity index (χ4v) is 2.98. The van der Waals surface area contributed by atoms with Crippen LogP contribution in [0.2, 0.25) is 0 Å². The zero-order chi connectivity index (χ0) is 19.3. The molecule has 0 aliphatic carbocycles. The number of hydrogen-bond donors (Lipinski definition) is 1. The first-order valence-corrected chi connectivity index (χ1v) is 9.22. The molecule has 0 unspecified atom stereocenters. The lowest BCUT2D eigenvalue weighted by atomic mass is 10.1. The van der Waals surface area contributed by atoms with Gasteiger partial charge >= 0.3 is 0 Å². The van der Waals surface area contributed by atoms with Gasteiger partial charge in [0.1, 0.15) is 11.5 Å². The largest absolute Gasteiger partial charge is 0.457 e. The third-order valence-electron chi connectivity index (χ3n) is 4.20. The Morgan fingerprint density at radius 1 is 0.964 bits per heavy atom. The van der Waals surface area contributed by atoms with E-state index in [1.54, 1.807) is 10.9 Å². The summed E-state index contributed by atoms with van der Waals surface area (Å²) in [5.41, 5.74) is 2.98. The lowest BCUT2D eigenvalue weighted by Gasteiger charge is -2.06. The van der Waals surface area contributed by atoms with Crippen molar-refractivity contribution in [3.63, 3.8) is 0 Å². The molecule has 4 aromatic rings. The Labute approximate surface area is 167 Å². The van der Waals surface area contributed by atoms with Crippen LogP contribution in [0.25, 0.3) is 11.4 Å². The van der Waals surface area contributed by atoms with Gasteiger partial charge in [0.05, 0.1) is 6.21 Å². The summed E-state index contributed by atoms with van der Waals surface area (Å²) in [7, 11) is 0.